The maximum atomic E-state index is 13.8. The van der Waals surface area contributed by atoms with Gasteiger partial charge in [-0.15, -0.1) is 0 Å². The maximum absolute atomic E-state index is 13.8. The van der Waals surface area contributed by atoms with Crippen molar-refractivity contribution in [2.75, 3.05) is 26.2 Å². The molecule has 10 heteroatoms. The lowest BCUT2D eigenvalue weighted by molar-refractivity contribution is -0.151. The van der Waals surface area contributed by atoms with Crippen LogP contribution in [0, 0.1) is 22.7 Å². The lowest BCUT2D eigenvalue weighted by atomic mass is 9.71. The molecule has 4 fully saturated rings. The summed E-state index contributed by atoms with van der Waals surface area (Å²) in [5.74, 6) is 0.0273. The Morgan fingerprint density at radius 1 is 0.911 bits per heavy atom. The van der Waals surface area contributed by atoms with Gasteiger partial charge in [-0.3, -0.25) is 19.1 Å². The normalized spacial score (nSPS) is 23.5. The molecule has 3 amide bonds. The second kappa shape index (κ2) is 11.7. The Kier molecular flexibility index (Phi) is 7.70. The molecular formula is C35H43N7O3. The summed E-state index contributed by atoms with van der Waals surface area (Å²) < 4.78 is 1.76. The molecule has 0 bridgehead atoms. The van der Waals surface area contributed by atoms with E-state index >= 15 is 0 Å². The van der Waals surface area contributed by atoms with Crippen molar-refractivity contribution in [1.82, 2.24) is 35.1 Å². The van der Waals surface area contributed by atoms with Crippen molar-refractivity contribution in [3.63, 3.8) is 0 Å². The summed E-state index contributed by atoms with van der Waals surface area (Å²) in [6.45, 7) is 6.82. The largest absolute Gasteiger partial charge is 0.350 e. The minimum atomic E-state index is -0.467. The third kappa shape index (κ3) is 5.99. The molecule has 3 aromatic rings. The van der Waals surface area contributed by atoms with Gasteiger partial charge < -0.3 is 15.1 Å². The van der Waals surface area contributed by atoms with Gasteiger partial charge in [0, 0.05) is 49.6 Å². The summed E-state index contributed by atoms with van der Waals surface area (Å²) in [4.78, 5) is 44.3. The lowest BCUT2D eigenvalue weighted by Crippen LogP contribution is -2.64. The van der Waals surface area contributed by atoms with Crippen molar-refractivity contribution >= 4 is 17.7 Å². The standard InChI is InChI=1S/C35H43N7O3/c1-34(2)15-28(34)33(45)41-22-35(23-41)21-40(32(44)26-16-37-42(19-26)18-24-9-5-3-6-10-24)20-29(35)31(43)36-17-27-13-14-30(39-38-27)25-11-7-4-8-12-25/h3,5-6,9-10,13-14,16,19,25,28-29H,4,7-8,11-12,15,17-18,20-23H2,1-2H3,(H,36,43)/t28-,29+/m1/s1. The number of hydrogen-bond acceptors (Lipinski definition) is 6. The van der Waals surface area contributed by atoms with Crippen molar-refractivity contribution in [2.45, 2.75) is 71.4 Å². The summed E-state index contributed by atoms with van der Waals surface area (Å²) in [5, 5.41) is 16.4. The van der Waals surface area contributed by atoms with Crippen LogP contribution >= 0.6 is 0 Å². The van der Waals surface area contributed by atoms with E-state index < -0.39 is 11.3 Å². The number of hydrogen-bond donors (Lipinski definition) is 1. The zero-order valence-corrected chi connectivity index (χ0v) is 26.3. The van der Waals surface area contributed by atoms with Crippen LogP contribution in [-0.2, 0) is 22.7 Å². The topological polar surface area (TPSA) is 113 Å². The summed E-state index contributed by atoms with van der Waals surface area (Å²) in [5.41, 5.74) is 2.94. The zero-order valence-electron chi connectivity index (χ0n) is 26.3. The number of carbonyl (C=O) groups excluding carboxylic acids is 3. The highest BCUT2D eigenvalue weighted by Crippen LogP contribution is 2.54. The van der Waals surface area contributed by atoms with Crippen molar-refractivity contribution in [2.24, 2.45) is 22.7 Å². The number of nitrogens with one attached hydrogen (secondary N) is 1. The number of carbonyl (C=O) groups is 3. The molecule has 4 aliphatic rings. The molecule has 4 heterocycles. The van der Waals surface area contributed by atoms with E-state index in [4.69, 9.17) is 0 Å². The van der Waals surface area contributed by atoms with Crippen LogP contribution in [0.4, 0.5) is 0 Å². The molecule has 1 spiro atoms. The molecular weight excluding hydrogens is 566 g/mol. The quantitative estimate of drug-likeness (QED) is 0.413. The molecule has 7 rings (SSSR count). The number of nitrogens with zero attached hydrogens (tertiary/aromatic N) is 6. The number of amides is 3. The predicted molar refractivity (Wildman–Crippen MR) is 168 cm³/mol. The Morgan fingerprint density at radius 3 is 2.33 bits per heavy atom. The van der Waals surface area contributed by atoms with Gasteiger partial charge in [-0.25, -0.2) is 0 Å². The van der Waals surface area contributed by atoms with Gasteiger partial charge in [-0.05, 0) is 42.4 Å². The van der Waals surface area contributed by atoms with Gasteiger partial charge in [0.15, 0.2) is 0 Å². The monoisotopic (exact) mass is 609 g/mol. The summed E-state index contributed by atoms with van der Waals surface area (Å²) >= 11 is 0. The highest BCUT2D eigenvalue weighted by atomic mass is 16.2. The summed E-state index contributed by atoms with van der Waals surface area (Å²) in [6, 6.07) is 14.0. The van der Waals surface area contributed by atoms with Crippen LogP contribution in [0.1, 0.15) is 85.6 Å². The highest BCUT2D eigenvalue weighted by Gasteiger charge is 2.61. The average molecular weight is 610 g/mol. The van der Waals surface area contributed by atoms with Crippen molar-refractivity contribution in [3.05, 3.63) is 77.4 Å². The fourth-order valence-electron chi connectivity index (χ4n) is 7.68. The Hall–Kier alpha value is -4.08. The Balaban J connectivity index is 1.03. The maximum Gasteiger partial charge on any atom is 0.257 e. The molecule has 2 saturated heterocycles. The molecule has 1 N–H and O–H groups in total. The number of benzene rings is 1. The van der Waals surface area contributed by atoms with Crippen LogP contribution in [0.25, 0.3) is 0 Å². The van der Waals surface area contributed by atoms with Crippen molar-refractivity contribution in [3.8, 4) is 0 Å². The lowest BCUT2D eigenvalue weighted by Gasteiger charge is -2.50. The van der Waals surface area contributed by atoms with E-state index in [1.165, 1.54) is 19.3 Å². The molecule has 2 aromatic heterocycles. The van der Waals surface area contributed by atoms with Crippen LogP contribution in [0.5, 0.6) is 0 Å². The van der Waals surface area contributed by atoms with Gasteiger partial charge in [-0.2, -0.15) is 15.3 Å². The van der Waals surface area contributed by atoms with Crippen molar-refractivity contribution in [1.29, 1.82) is 0 Å². The molecule has 45 heavy (non-hydrogen) atoms. The average Bonchev–Trinajstić information content (AvgIpc) is 3.35. The molecule has 2 atom stereocenters. The first-order valence-corrected chi connectivity index (χ1v) is 16.5. The Morgan fingerprint density at radius 2 is 1.64 bits per heavy atom. The van der Waals surface area contributed by atoms with Gasteiger partial charge in [0.1, 0.15) is 0 Å². The van der Waals surface area contributed by atoms with E-state index in [-0.39, 0.29) is 35.6 Å². The van der Waals surface area contributed by atoms with Gasteiger partial charge in [-0.1, -0.05) is 63.4 Å². The fourth-order valence-corrected chi connectivity index (χ4v) is 7.68. The molecule has 2 saturated carbocycles. The van der Waals surface area contributed by atoms with Crippen molar-refractivity contribution < 1.29 is 14.4 Å². The van der Waals surface area contributed by atoms with Gasteiger partial charge >= 0.3 is 0 Å². The predicted octanol–water partition coefficient (Wildman–Crippen LogP) is 4.03. The minimum absolute atomic E-state index is 0.0434. The smallest absolute Gasteiger partial charge is 0.257 e. The van der Waals surface area contributed by atoms with Crippen LogP contribution < -0.4 is 5.32 Å². The van der Waals surface area contributed by atoms with E-state index in [2.05, 4.69) is 40.5 Å². The molecule has 2 aliphatic heterocycles. The van der Waals surface area contributed by atoms with E-state index in [0.29, 0.717) is 44.2 Å². The fraction of sp³-hybridized carbons (Fsp3) is 0.543. The number of rotatable bonds is 8. The van der Waals surface area contributed by atoms with Gasteiger partial charge in [0.25, 0.3) is 5.91 Å². The SMILES string of the molecule is CC1(C)C[C@@H]1C(=O)N1CC2(CN(C(=O)c3cnn(Cc4ccccc4)c3)C[C@H]2C(=O)NCc2ccc(C3CCCCC3)nn2)C1. The third-order valence-electron chi connectivity index (χ3n) is 10.7. The van der Waals surface area contributed by atoms with E-state index in [1.807, 2.05) is 41.3 Å². The number of aromatic nitrogens is 4. The first kappa shape index (κ1) is 29.6. The highest BCUT2D eigenvalue weighted by molar-refractivity contribution is 5.95. The Bertz CT molecular complexity index is 1560. The van der Waals surface area contributed by atoms with Crippen LogP contribution in [0.2, 0.25) is 0 Å². The van der Waals surface area contributed by atoms with E-state index in [0.717, 1.165) is 36.2 Å². The van der Waals surface area contributed by atoms with Crippen LogP contribution in [0.3, 0.4) is 0 Å². The minimum Gasteiger partial charge on any atom is -0.350 e. The molecule has 10 nitrogen and oxygen atoms in total. The van der Waals surface area contributed by atoms with E-state index in [9.17, 15) is 14.4 Å². The first-order valence-electron chi connectivity index (χ1n) is 16.5. The Labute approximate surface area is 264 Å². The van der Waals surface area contributed by atoms with Gasteiger partial charge in [0.05, 0.1) is 42.2 Å². The molecule has 0 radical (unpaired) electrons. The first-order chi connectivity index (χ1) is 21.7. The third-order valence-corrected chi connectivity index (χ3v) is 10.7. The molecule has 2 aliphatic carbocycles. The zero-order chi connectivity index (χ0) is 31.2. The van der Waals surface area contributed by atoms with Crippen LogP contribution in [-0.4, -0.2) is 73.7 Å². The van der Waals surface area contributed by atoms with Crippen LogP contribution in [0.15, 0.2) is 54.9 Å². The summed E-state index contributed by atoms with van der Waals surface area (Å²) in [7, 11) is 0. The van der Waals surface area contributed by atoms with Gasteiger partial charge in [0.2, 0.25) is 11.8 Å². The summed E-state index contributed by atoms with van der Waals surface area (Å²) in [6.07, 6.45) is 10.4. The number of likely N-dealkylation sites (tertiary alicyclic amines) is 2. The molecule has 236 valence electrons. The second-order valence-corrected chi connectivity index (χ2v) is 14.5. The second-order valence-electron chi connectivity index (χ2n) is 14.5. The molecule has 0 unspecified atom stereocenters. The van der Waals surface area contributed by atoms with E-state index in [1.54, 1.807) is 22.0 Å². The molecule has 1 aromatic carbocycles.